The van der Waals surface area contributed by atoms with Gasteiger partial charge in [0.2, 0.25) is 0 Å². The van der Waals surface area contributed by atoms with Crippen LogP contribution in [0, 0.1) is 16.7 Å². The Morgan fingerprint density at radius 2 is 1.62 bits per heavy atom. The largest absolute Gasteiger partial charge is 0.496 e. The summed E-state index contributed by atoms with van der Waals surface area (Å²) in [5.74, 6) is -0.795. The van der Waals surface area contributed by atoms with Crippen LogP contribution in [-0.4, -0.2) is 47.1 Å². The molecule has 0 unspecified atom stereocenters. The maximum absolute atomic E-state index is 13.3. The lowest BCUT2D eigenvalue weighted by molar-refractivity contribution is -0.153. The average Bonchev–Trinajstić information content (AvgIpc) is 2.85. The molecule has 0 radical (unpaired) electrons. The predicted molar refractivity (Wildman–Crippen MR) is 122 cm³/mol. The second kappa shape index (κ2) is 10.8. The quantitative estimate of drug-likeness (QED) is 0.350. The van der Waals surface area contributed by atoms with Crippen molar-refractivity contribution in [1.29, 1.82) is 5.26 Å². The summed E-state index contributed by atoms with van der Waals surface area (Å²) in [6.45, 7) is 0.423. The summed E-state index contributed by atoms with van der Waals surface area (Å²) in [5.41, 5.74) is -0.134. The van der Waals surface area contributed by atoms with Crippen LogP contribution in [-0.2, 0) is 19.0 Å². The van der Waals surface area contributed by atoms with Crippen molar-refractivity contribution < 1.29 is 23.7 Å². The molecule has 6 nitrogen and oxygen atoms in total. The van der Waals surface area contributed by atoms with Crippen LogP contribution in [0.4, 0.5) is 0 Å². The fourth-order valence-corrected chi connectivity index (χ4v) is 4.07. The molecule has 32 heavy (non-hydrogen) atoms. The van der Waals surface area contributed by atoms with Crippen molar-refractivity contribution in [3.05, 3.63) is 77.9 Å². The molecule has 0 fully saturated rings. The second-order valence-electron chi connectivity index (χ2n) is 7.36. The minimum Gasteiger partial charge on any atom is -0.496 e. The first-order valence-electron chi connectivity index (χ1n) is 10.3. The third-order valence-corrected chi connectivity index (χ3v) is 5.59. The Labute approximate surface area is 188 Å². The van der Waals surface area contributed by atoms with Crippen molar-refractivity contribution in [3.8, 4) is 11.8 Å². The van der Waals surface area contributed by atoms with Gasteiger partial charge in [-0.2, -0.15) is 5.26 Å². The van der Waals surface area contributed by atoms with Crippen LogP contribution >= 0.6 is 0 Å². The van der Waals surface area contributed by atoms with Crippen molar-refractivity contribution >= 4 is 16.7 Å². The molecule has 6 heteroatoms. The molecule has 0 saturated heterocycles. The molecule has 2 atom stereocenters. The number of carbonyl (C=O) groups is 1. The standard InChI is InChI=1S/C26H27NO5/c1-29-15-16-32-18-26(17-27,25(28)31-3)24(22-12-6-7-14-23(22)30-2)21-13-8-10-19-9-4-5-11-20(19)21/h4-14,24H,15-16,18H2,1-3H3/t24-,26-/m1/s1. The zero-order valence-electron chi connectivity index (χ0n) is 18.5. The summed E-state index contributed by atoms with van der Waals surface area (Å²) in [6.07, 6.45) is 0. The number of benzene rings is 3. The van der Waals surface area contributed by atoms with E-state index in [0.717, 1.165) is 16.3 Å². The van der Waals surface area contributed by atoms with E-state index in [1.807, 2.05) is 66.7 Å². The Hall–Kier alpha value is -3.40. The summed E-state index contributed by atoms with van der Waals surface area (Å²) in [5, 5.41) is 12.4. The molecule has 0 bridgehead atoms. The SMILES string of the molecule is COCCOC[C@@](C#N)(C(=O)OC)[C@@H](c1ccccc1OC)c1cccc2ccccc12. The molecular formula is C26H27NO5. The molecule has 0 heterocycles. The van der Waals surface area contributed by atoms with E-state index >= 15 is 0 Å². The van der Waals surface area contributed by atoms with Gasteiger partial charge >= 0.3 is 5.97 Å². The summed E-state index contributed by atoms with van der Waals surface area (Å²) >= 11 is 0. The number of nitrogens with zero attached hydrogens (tertiary/aromatic N) is 1. The van der Waals surface area contributed by atoms with Crippen LogP contribution in [0.25, 0.3) is 10.8 Å². The number of para-hydroxylation sites is 1. The Morgan fingerprint density at radius 3 is 2.34 bits per heavy atom. The number of fused-ring (bicyclic) bond motifs is 1. The first kappa shape index (κ1) is 23.3. The van der Waals surface area contributed by atoms with Crippen LogP contribution in [0.2, 0.25) is 0 Å². The van der Waals surface area contributed by atoms with Crippen LogP contribution in [0.15, 0.2) is 66.7 Å². The Bertz CT molecular complexity index is 1100. The lowest BCUT2D eigenvalue weighted by Gasteiger charge is -2.34. The lowest BCUT2D eigenvalue weighted by atomic mass is 9.68. The molecule has 0 spiro atoms. The van der Waals surface area contributed by atoms with Gasteiger partial charge in [-0.05, 0) is 22.4 Å². The van der Waals surface area contributed by atoms with E-state index in [1.54, 1.807) is 14.2 Å². The molecule has 0 saturated carbocycles. The van der Waals surface area contributed by atoms with E-state index in [1.165, 1.54) is 7.11 Å². The monoisotopic (exact) mass is 433 g/mol. The molecule has 3 aromatic rings. The Morgan fingerprint density at radius 1 is 0.938 bits per heavy atom. The van der Waals surface area contributed by atoms with E-state index in [0.29, 0.717) is 17.9 Å². The van der Waals surface area contributed by atoms with Gasteiger partial charge in [0.1, 0.15) is 5.75 Å². The van der Waals surface area contributed by atoms with Gasteiger partial charge in [0.25, 0.3) is 0 Å². The highest BCUT2D eigenvalue weighted by atomic mass is 16.5. The first-order valence-corrected chi connectivity index (χ1v) is 10.3. The van der Waals surface area contributed by atoms with Crippen LogP contribution in [0.1, 0.15) is 17.0 Å². The van der Waals surface area contributed by atoms with Gasteiger partial charge in [0.15, 0.2) is 5.41 Å². The summed E-state index contributed by atoms with van der Waals surface area (Å²) < 4.78 is 21.6. The van der Waals surface area contributed by atoms with Gasteiger partial charge in [-0.1, -0.05) is 60.7 Å². The van der Waals surface area contributed by atoms with Crippen LogP contribution < -0.4 is 4.74 Å². The summed E-state index contributed by atoms with van der Waals surface area (Å²) in [6, 6.07) is 23.4. The molecular weight excluding hydrogens is 406 g/mol. The van der Waals surface area contributed by atoms with Gasteiger partial charge in [-0.3, -0.25) is 4.79 Å². The van der Waals surface area contributed by atoms with Crippen molar-refractivity contribution in [2.24, 2.45) is 5.41 Å². The lowest BCUT2D eigenvalue weighted by Crippen LogP contribution is -2.42. The highest BCUT2D eigenvalue weighted by molar-refractivity contribution is 5.90. The zero-order valence-corrected chi connectivity index (χ0v) is 18.5. The molecule has 3 aromatic carbocycles. The number of hydrogen-bond donors (Lipinski definition) is 0. The third kappa shape index (κ3) is 4.45. The minimum absolute atomic E-state index is 0.161. The molecule has 0 aromatic heterocycles. The summed E-state index contributed by atoms with van der Waals surface area (Å²) in [4.78, 5) is 13.3. The summed E-state index contributed by atoms with van der Waals surface area (Å²) in [7, 11) is 4.42. The Kier molecular flexibility index (Phi) is 7.82. The predicted octanol–water partition coefficient (Wildman–Crippen LogP) is 4.33. The highest BCUT2D eigenvalue weighted by Gasteiger charge is 2.51. The van der Waals surface area contributed by atoms with E-state index in [4.69, 9.17) is 18.9 Å². The van der Waals surface area contributed by atoms with Gasteiger partial charge in [-0.15, -0.1) is 0 Å². The number of nitriles is 1. The maximum atomic E-state index is 13.3. The maximum Gasteiger partial charge on any atom is 0.329 e. The van der Waals surface area contributed by atoms with E-state index < -0.39 is 17.3 Å². The van der Waals surface area contributed by atoms with Crippen molar-refractivity contribution in [2.75, 3.05) is 41.2 Å². The molecule has 0 aliphatic rings. The smallest absolute Gasteiger partial charge is 0.329 e. The normalized spacial score (nSPS) is 13.7. The fourth-order valence-electron chi connectivity index (χ4n) is 4.07. The average molecular weight is 434 g/mol. The molecule has 0 amide bonds. The molecule has 166 valence electrons. The van der Waals surface area contributed by atoms with Gasteiger partial charge in [0, 0.05) is 18.6 Å². The topological polar surface area (TPSA) is 77.8 Å². The number of ether oxygens (including phenoxy) is 4. The molecule has 0 aliphatic heterocycles. The Balaban J connectivity index is 2.31. The number of esters is 1. The number of rotatable bonds is 10. The minimum atomic E-state index is -1.65. The van der Waals surface area contributed by atoms with Crippen LogP contribution in [0.5, 0.6) is 5.75 Å². The molecule has 0 aliphatic carbocycles. The van der Waals surface area contributed by atoms with E-state index in [2.05, 4.69) is 6.07 Å². The molecule has 0 N–H and O–H groups in total. The van der Waals surface area contributed by atoms with Crippen molar-refractivity contribution in [2.45, 2.75) is 5.92 Å². The van der Waals surface area contributed by atoms with Gasteiger partial charge < -0.3 is 18.9 Å². The number of hydrogen-bond acceptors (Lipinski definition) is 6. The zero-order chi connectivity index (χ0) is 23.0. The highest BCUT2D eigenvalue weighted by Crippen LogP contribution is 2.47. The van der Waals surface area contributed by atoms with Gasteiger partial charge in [0.05, 0.1) is 40.1 Å². The fraction of sp³-hybridized carbons (Fsp3) is 0.308. The van der Waals surface area contributed by atoms with Crippen molar-refractivity contribution in [3.63, 3.8) is 0 Å². The van der Waals surface area contributed by atoms with E-state index in [9.17, 15) is 10.1 Å². The molecule has 3 rings (SSSR count). The van der Waals surface area contributed by atoms with Crippen LogP contribution in [0.3, 0.4) is 0 Å². The first-order chi connectivity index (χ1) is 15.6. The second-order valence-corrected chi connectivity index (χ2v) is 7.36. The van der Waals surface area contributed by atoms with E-state index in [-0.39, 0.29) is 13.2 Å². The number of methoxy groups -OCH3 is 3. The van der Waals surface area contributed by atoms with Crippen molar-refractivity contribution in [1.82, 2.24) is 0 Å². The third-order valence-electron chi connectivity index (χ3n) is 5.59. The van der Waals surface area contributed by atoms with Gasteiger partial charge in [-0.25, -0.2) is 0 Å². The number of carbonyl (C=O) groups excluding carboxylic acids is 1.